The molecule has 43 heavy (non-hydrogen) atoms. The number of hydrogen-bond donors (Lipinski definition) is 2. The van der Waals surface area contributed by atoms with Crippen LogP contribution in [-0.4, -0.2) is 79.9 Å². The first kappa shape index (κ1) is 28.3. The summed E-state index contributed by atoms with van der Waals surface area (Å²) in [6, 6.07) is 21.4. The summed E-state index contributed by atoms with van der Waals surface area (Å²) in [4.78, 5) is 32.0. The quantitative estimate of drug-likeness (QED) is 0.247. The Bertz CT molecular complexity index is 1630. The van der Waals surface area contributed by atoms with Crippen molar-refractivity contribution < 1.29 is 4.74 Å². The number of morpholine rings is 1. The van der Waals surface area contributed by atoms with Gasteiger partial charge in [-0.05, 0) is 49.4 Å². The number of anilines is 3. The minimum atomic E-state index is -0.0779. The number of pyridine rings is 2. The molecule has 0 bridgehead atoms. The Labute approximate surface area is 260 Å². The molecule has 3 aliphatic rings. The second-order valence-corrected chi connectivity index (χ2v) is 13.4. The van der Waals surface area contributed by atoms with E-state index in [-0.39, 0.29) is 5.56 Å². The Morgan fingerprint density at radius 3 is 2.47 bits per heavy atom. The summed E-state index contributed by atoms with van der Waals surface area (Å²) in [7, 11) is 0. The topological polar surface area (TPSA) is 76.7 Å². The van der Waals surface area contributed by atoms with Crippen LogP contribution in [0.2, 0.25) is 0 Å². The van der Waals surface area contributed by atoms with Gasteiger partial charge in [0.15, 0.2) is 0 Å². The average Bonchev–Trinajstić information content (AvgIpc) is 3.04. The fraction of sp³-hybridized carbons (Fsp3) is 0.333. The lowest BCUT2D eigenvalue weighted by atomic mass is 10.1. The minimum Gasteiger partial charge on any atom is -0.381 e. The largest absolute Gasteiger partial charge is 0.381 e. The molecule has 0 saturated carbocycles. The molecule has 4 aromatic rings. The Balaban J connectivity index is 1.02. The van der Waals surface area contributed by atoms with Crippen LogP contribution < -0.4 is 20.7 Å². The van der Waals surface area contributed by atoms with Crippen molar-refractivity contribution in [2.24, 2.45) is 0 Å². The van der Waals surface area contributed by atoms with Crippen molar-refractivity contribution in [1.29, 1.82) is 0 Å². The van der Waals surface area contributed by atoms with Gasteiger partial charge < -0.3 is 24.8 Å². The van der Waals surface area contributed by atoms with E-state index in [4.69, 9.17) is 4.74 Å². The number of piperazine rings is 1. The number of aromatic amines is 1. The van der Waals surface area contributed by atoms with E-state index < -0.39 is 0 Å². The minimum absolute atomic E-state index is 0.0779. The number of rotatable bonds is 7. The van der Waals surface area contributed by atoms with Crippen LogP contribution in [0.1, 0.15) is 6.92 Å². The first-order chi connectivity index (χ1) is 21.1. The van der Waals surface area contributed by atoms with Gasteiger partial charge in [0, 0.05) is 113 Å². The standard InChI is InChI=1S/C33H36N6O2S2/c1-23(22-37-11-13-38(14-12-37)25-7-9-34-10-8-25)35-24-5-6-29-31(19-24)42-30-4-2-3-27(33(30)43-29)28-20-26(21-32(40)36-28)39-15-17-41-18-16-39/h2-10,19-21,23,35H,11-18,22H2,1H3,(H,36,40). The van der Waals surface area contributed by atoms with Gasteiger partial charge >= 0.3 is 0 Å². The fourth-order valence-corrected chi connectivity index (χ4v) is 8.46. The average molecular weight is 613 g/mol. The highest BCUT2D eigenvalue weighted by atomic mass is 32.2. The van der Waals surface area contributed by atoms with Gasteiger partial charge in [0.05, 0.1) is 18.9 Å². The zero-order valence-corrected chi connectivity index (χ0v) is 25.9. The molecule has 8 nitrogen and oxygen atoms in total. The predicted octanol–water partition coefficient (Wildman–Crippen LogP) is 5.51. The van der Waals surface area contributed by atoms with Crippen LogP contribution >= 0.6 is 23.5 Å². The van der Waals surface area contributed by atoms with Gasteiger partial charge in [-0.3, -0.25) is 14.7 Å². The van der Waals surface area contributed by atoms with Gasteiger partial charge in [-0.25, -0.2) is 0 Å². The Morgan fingerprint density at radius 2 is 1.65 bits per heavy atom. The molecule has 7 rings (SSSR count). The van der Waals surface area contributed by atoms with Crippen molar-refractivity contribution in [3.63, 3.8) is 0 Å². The number of benzene rings is 2. The van der Waals surface area contributed by atoms with Crippen LogP contribution in [0.25, 0.3) is 11.3 Å². The van der Waals surface area contributed by atoms with Gasteiger partial charge in [-0.2, -0.15) is 0 Å². The van der Waals surface area contributed by atoms with Crippen molar-refractivity contribution in [3.05, 3.63) is 83.4 Å². The summed E-state index contributed by atoms with van der Waals surface area (Å²) < 4.78 is 5.51. The molecule has 0 spiro atoms. The lowest BCUT2D eigenvalue weighted by molar-refractivity contribution is 0.122. The van der Waals surface area contributed by atoms with Crippen LogP contribution in [0.5, 0.6) is 0 Å². The number of nitrogens with one attached hydrogen (secondary N) is 2. The lowest BCUT2D eigenvalue weighted by Crippen LogP contribution is -2.49. The molecular formula is C33H36N6O2S2. The third-order valence-electron chi connectivity index (χ3n) is 8.20. The van der Waals surface area contributed by atoms with E-state index in [1.54, 1.807) is 29.6 Å². The number of fused-ring (bicyclic) bond motifs is 2. The molecule has 3 aliphatic heterocycles. The molecular weight excluding hydrogens is 577 g/mol. The SMILES string of the molecule is CC(CN1CCN(c2ccncc2)CC1)Nc1ccc2c(c1)Sc1cccc(-c3cc(N4CCOCC4)cc(=O)[nH]3)c1S2. The van der Waals surface area contributed by atoms with Crippen molar-refractivity contribution in [2.45, 2.75) is 32.5 Å². The maximum atomic E-state index is 12.7. The van der Waals surface area contributed by atoms with E-state index in [2.05, 4.69) is 91.5 Å². The number of hydrogen-bond acceptors (Lipinski definition) is 9. The fourth-order valence-electron chi connectivity index (χ4n) is 6.04. The van der Waals surface area contributed by atoms with Gasteiger partial charge in [-0.1, -0.05) is 35.7 Å². The Kier molecular flexibility index (Phi) is 8.34. The van der Waals surface area contributed by atoms with Gasteiger partial charge in [-0.15, -0.1) is 0 Å². The van der Waals surface area contributed by atoms with Crippen molar-refractivity contribution in [1.82, 2.24) is 14.9 Å². The summed E-state index contributed by atoms with van der Waals surface area (Å²) in [5.74, 6) is 0. The molecule has 0 aliphatic carbocycles. The molecule has 1 unspecified atom stereocenters. The zero-order valence-electron chi connectivity index (χ0n) is 24.3. The Hall–Kier alpha value is -3.44. The monoisotopic (exact) mass is 612 g/mol. The van der Waals surface area contributed by atoms with Crippen LogP contribution in [0, 0.1) is 0 Å². The predicted molar refractivity (Wildman–Crippen MR) is 176 cm³/mol. The third kappa shape index (κ3) is 6.43. The summed E-state index contributed by atoms with van der Waals surface area (Å²) in [5.41, 5.74) is 5.20. The molecule has 2 saturated heterocycles. The number of ether oxygens (including phenoxy) is 1. The van der Waals surface area contributed by atoms with Gasteiger partial charge in [0.1, 0.15) is 0 Å². The van der Waals surface area contributed by atoms with Gasteiger partial charge in [0.2, 0.25) is 5.56 Å². The normalized spacial score (nSPS) is 17.7. The Morgan fingerprint density at radius 1 is 0.860 bits per heavy atom. The molecule has 2 N–H and O–H groups in total. The van der Waals surface area contributed by atoms with Gasteiger partial charge in [0.25, 0.3) is 0 Å². The van der Waals surface area contributed by atoms with Crippen LogP contribution in [0.4, 0.5) is 17.1 Å². The van der Waals surface area contributed by atoms with E-state index in [1.165, 1.54) is 25.3 Å². The molecule has 222 valence electrons. The van der Waals surface area contributed by atoms with Crippen LogP contribution in [-0.2, 0) is 4.74 Å². The van der Waals surface area contributed by atoms with Crippen molar-refractivity contribution in [2.75, 3.05) is 74.1 Å². The number of H-pyrrole nitrogens is 1. The maximum absolute atomic E-state index is 12.7. The zero-order chi connectivity index (χ0) is 29.2. The second kappa shape index (κ2) is 12.7. The molecule has 0 amide bonds. The van der Waals surface area contributed by atoms with E-state index in [0.29, 0.717) is 19.3 Å². The molecule has 1 atom stereocenters. The molecule has 5 heterocycles. The molecule has 2 aromatic carbocycles. The summed E-state index contributed by atoms with van der Waals surface area (Å²) >= 11 is 3.59. The van der Waals surface area contributed by atoms with E-state index in [9.17, 15) is 4.79 Å². The first-order valence-electron chi connectivity index (χ1n) is 14.9. The number of nitrogens with zero attached hydrogens (tertiary/aromatic N) is 4. The van der Waals surface area contributed by atoms with E-state index >= 15 is 0 Å². The highest BCUT2D eigenvalue weighted by Gasteiger charge is 2.23. The van der Waals surface area contributed by atoms with E-state index in [0.717, 1.165) is 68.4 Å². The summed E-state index contributed by atoms with van der Waals surface area (Å²) in [5, 5.41) is 3.75. The second-order valence-electron chi connectivity index (χ2n) is 11.3. The summed E-state index contributed by atoms with van der Waals surface area (Å²) in [6.07, 6.45) is 3.74. The summed E-state index contributed by atoms with van der Waals surface area (Å²) in [6.45, 7) is 10.4. The molecule has 2 aromatic heterocycles. The smallest absolute Gasteiger partial charge is 0.250 e. The molecule has 2 fully saturated rings. The highest BCUT2D eigenvalue weighted by Crippen LogP contribution is 2.52. The lowest BCUT2D eigenvalue weighted by Gasteiger charge is -2.37. The van der Waals surface area contributed by atoms with Crippen LogP contribution in [0.15, 0.2) is 97.4 Å². The number of aromatic nitrogens is 2. The first-order valence-corrected chi connectivity index (χ1v) is 16.6. The van der Waals surface area contributed by atoms with E-state index in [1.807, 2.05) is 12.4 Å². The van der Waals surface area contributed by atoms with Crippen LogP contribution in [0.3, 0.4) is 0 Å². The van der Waals surface area contributed by atoms with Crippen molar-refractivity contribution in [3.8, 4) is 11.3 Å². The third-order valence-corrected chi connectivity index (χ3v) is 10.8. The van der Waals surface area contributed by atoms with Crippen molar-refractivity contribution >= 4 is 40.6 Å². The molecule has 10 heteroatoms. The maximum Gasteiger partial charge on any atom is 0.250 e. The highest BCUT2D eigenvalue weighted by molar-refractivity contribution is 8.05. The molecule has 0 radical (unpaired) electrons.